The molecule has 162 valence electrons. The lowest BCUT2D eigenvalue weighted by Gasteiger charge is -2.36. The number of methoxy groups -OCH3 is 1. The van der Waals surface area contributed by atoms with Crippen LogP contribution in [0.3, 0.4) is 0 Å². The average molecular weight is 411 g/mol. The Morgan fingerprint density at radius 3 is 2.83 bits per heavy atom. The fourth-order valence-electron chi connectivity index (χ4n) is 3.68. The number of guanidine groups is 1. The van der Waals surface area contributed by atoms with Gasteiger partial charge in [-0.05, 0) is 44.0 Å². The molecule has 7 heteroatoms. The van der Waals surface area contributed by atoms with Crippen molar-refractivity contribution < 1.29 is 4.74 Å². The number of pyridine rings is 1. The molecule has 1 saturated heterocycles. The van der Waals surface area contributed by atoms with Crippen molar-refractivity contribution in [1.29, 1.82) is 0 Å². The van der Waals surface area contributed by atoms with Gasteiger partial charge in [0.1, 0.15) is 11.6 Å². The van der Waals surface area contributed by atoms with Crippen LogP contribution in [0.15, 0.2) is 47.5 Å². The fourth-order valence-corrected chi connectivity index (χ4v) is 3.68. The van der Waals surface area contributed by atoms with Gasteiger partial charge in [-0.25, -0.2) is 9.98 Å². The van der Waals surface area contributed by atoms with Crippen LogP contribution in [0.25, 0.3) is 0 Å². The molecule has 2 N–H and O–H groups in total. The Hall–Kier alpha value is -2.96. The SMILES string of the molecule is CCNC(=NCc1cccc(N(C)C)n1)NC1CCCN(c2ccccc2OC)C1. The van der Waals surface area contributed by atoms with Gasteiger partial charge in [-0.3, -0.25) is 0 Å². The van der Waals surface area contributed by atoms with E-state index < -0.39 is 0 Å². The van der Waals surface area contributed by atoms with Gasteiger partial charge < -0.3 is 25.2 Å². The molecule has 2 heterocycles. The van der Waals surface area contributed by atoms with Crippen molar-refractivity contribution in [1.82, 2.24) is 15.6 Å². The first-order chi connectivity index (χ1) is 14.6. The number of piperidine rings is 1. The molecule has 0 bridgehead atoms. The summed E-state index contributed by atoms with van der Waals surface area (Å²) in [5.74, 6) is 2.70. The van der Waals surface area contributed by atoms with Crippen molar-refractivity contribution in [2.24, 2.45) is 4.99 Å². The Balaban J connectivity index is 1.67. The molecule has 0 spiro atoms. The number of para-hydroxylation sites is 2. The first kappa shape index (κ1) is 21.7. The molecule has 0 amide bonds. The third-order valence-electron chi connectivity index (χ3n) is 5.18. The standard InChI is InChI=1S/C23H34N6O/c1-5-24-23(25-16-18-10-8-14-22(26-18)28(2)3)27-19-11-9-15-29(17-19)20-12-6-7-13-21(20)30-4/h6-8,10,12-14,19H,5,9,11,15-17H2,1-4H3,(H2,24,25,27). The number of aliphatic imine (C=N–C) groups is 1. The fraction of sp³-hybridized carbons (Fsp3) is 0.478. The summed E-state index contributed by atoms with van der Waals surface area (Å²) in [6.45, 7) is 5.40. The van der Waals surface area contributed by atoms with Crippen LogP contribution < -0.4 is 25.2 Å². The summed E-state index contributed by atoms with van der Waals surface area (Å²) in [6, 6.07) is 14.6. The van der Waals surface area contributed by atoms with Crippen LogP contribution in [-0.4, -0.2) is 57.8 Å². The van der Waals surface area contributed by atoms with Crippen LogP contribution in [0.4, 0.5) is 11.5 Å². The minimum atomic E-state index is 0.322. The molecule has 1 aromatic heterocycles. The molecular weight excluding hydrogens is 376 g/mol. The first-order valence-corrected chi connectivity index (χ1v) is 10.7. The summed E-state index contributed by atoms with van der Waals surface area (Å²) >= 11 is 0. The molecule has 30 heavy (non-hydrogen) atoms. The summed E-state index contributed by atoms with van der Waals surface area (Å²) in [4.78, 5) is 13.8. The first-order valence-electron chi connectivity index (χ1n) is 10.7. The molecule has 3 rings (SSSR count). The zero-order chi connectivity index (χ0) is 21.3. The predicted molar refractivity (Wildman–Crippen MR) is 125 cm³/mol. The van der Waals surface area contributed by atoms with Gasteiger partial charge in [0, 0.05) is 39.8 Å². The quantitative estimate of drug-likeness (QED) is 0.541. The Morgan fingerprint density at radius 1 is 1.23 bits per heavy atom. The molecule has 2 aromatic rings. The number of benzene rings is 1. The van der Waals surface area contributed by atoms with Crippen molar-refractivity contribution in [2.45, 2.75) is 32.4 Å². The number of nitrogens with zero attached hydrogens (tertiary/aromatic N) is 4. The Morgan fingerprint density at radius 2 is 2.07 bits per heavy atom. The van der Waals surface area contributed by atoms with Gasteiger partial charge >= 0.3 is 0 Å². The van der Waals surface area contributed by atoms with E-state index in [9.17, 15) is 0 Å². The molecule has 1 fully saturated rings. The molecule has 0 radical (unpaired) electrons. The van der Waals surface area contributed by atoms with Crippen LogP contribution in [0.2, 0.25) is 0 Å². The van der Waals surface area contributed by atoms with E-state index in [1.54, 1.807) is 7.11 Å². The number of rotatable bonds is 7. The highest BCUT2D eigenvalue weighted by Gasteiger charge is 2.22. The minimum Gasteiger partial charge on any atom is -0.495 e. The van der Waals surface area contributed by atoms with Crippen molar-refractivity contribution in [3.8, 4) is 5.75 Å². The third kappa shape index (κ3) is 5.78. The molecule has 1 aromatic carbocycles. The van der Waals surface area contributed by atoms with E-state index in [4.69, 9.17) is 9.73 Å². The van der Waals surface area contributed by atoms with Crippen molar-refractivity contribution in [3.63, 3.8) is 0 Å². The summed E-state index contributed by atoms with van der Waals surface area (Å²) in [5.41, 5.74) is 2.11. The number of hydrogen-bond acceptors (Lipinski definition) is 5. The molecular formula is C23H34N6O. The number of anilines is 2. The molecule has 1 atom stereocenters. The molecule has 0 aliphatic carbocycles. The number of ether oxygens (including phenoxy) is 1. The van der Waals surface area contributed by atoms with Crippen LogP contribution in [0, 0.1) is 0 Å². The van der Waals surface area contributed by atoms with Crippen LogP contribution in [0.1, 0.15) is 25.5 Å². The highest BCUT2D eigenvalue weighted by Crippen LogP contribution is 2.29. The molecule has 1 aliphatic heterocycles. The van der Waals surface area contributed by atoms with Crippen LogP contribution in [-0.2, 0) is 6.54 Å². The number of hydrogen-bond donors (Lipinski definition) is 2. The van der Waals surface area contributed by atoms with Gasteiger partial charge in [0.25, 0.3) is 0 Å². The van der Waals surface area contributed by atoms with Crippen molar-refractivity contribution in [2.75, 3.05) is 50.6 Å². The maximum absolute atomic E-state index is 5.56. The summed E-state index contributed by atoms with van der Waals surface area (Å²) in [7, 11) is 5.73. The van der Waals surface area contributed by atoms with Gasteiger partial charge in [-0.1, -0.05) is 18.2 Å². The lowest BCUT2D eigenvalue weighted by atomic mass is 10.0. The second kappa shape index (κ2) is 10.7. The highest BCUT2D eigenvalue weighted by atomic mass is 16.5. The predicted octanol–water partition coefficient (Wildman–Crippen LogP) is 2.88. The smallest absolute Gasteiger partial charge is 0.191 e. The highest BCUT2D eigenvalue weighted by molar-refractivity contribution is 5.80. The monoisotopic (exact) mass is 410 g/mol. The second-order valence-electron chi connectivity index (χ2n) is 7.68. The zero-order valence-corrected chi connectivity index (χ0v) is 18.6. The third-order valence-corrected chi connectivity index (χ3v) is 5.18. The molecule has 1 aliphatic rings. The topological polar surface area (TPSA) is 65.0 Å². The van der Waals surface area contributed by atoms with Crippen molar-refractivity contribution >= 4 is 17.5 Å². The summed E-state index contributed by atoms with van der Waals surface area (Å²) < 4.78 is 5.56. The van der Waals surface area contributed by atoms with E-state index >= 15 is 0 Å². The minimum absolute atomic E-state index is 0.322. The van der Waals surface area contributed by atoms with Crippen LogP contribution >= 0.6 is 0 Å². The maximum Gasteiger partial charge on any atom is 0.191 e. The Kier molecular flexibility index (Phi) is 7.76. The van der Waals surface area contributed by atoms with Gasteiger partial charge in [-0.2, -0.15) is 0 Å². The van der Waals surface area contributed by atoms with E-state index in [2.05, 4.69) is 39.6 Å². The van der Waals surface area contributed by atoms with Gasteiger partial charge in [0.2, 0.25) is 0 Å². The molecule has 0 saturated carbocycles. The van der Waals surface area contributed by atoms with Gasteiger partial charge in [0.05, 0.1) is 25.0 Å². The molecule has 7 nitrogen and oxygen atoms in total. The van der Waals surface area contributed by atoms with E-state index in [-0.39, 0.29) is 0 Å². The Bertz CT molecular complexity index is 838. The van der Waals surface area contributed by atoms with Gasteiger partial charge in [0.15, 0.2) is 5.96 Å². The van der Waals surface area contributed by atoms with E-state index in [1.165, 1.54) is 0 Å². The normalized spacial score (nSPS) is 16.9. The average Bonchev–Trinajstić information content (AvgIpc) is 2.78. The maximum atomic E-state index is 5.56. The van der Waals surface area contributed by atoms with E-state index in [0.717, 1.165) is 61.4 Å². The van der Waals surface area contributed by atoms with Crippen molar-refractivity contribution in [3.05, 3.63) is 48.2 Å². The van der Waals surface area contributed by atoms with E-state index in [0.29, 0.717) is 12.6 Å². The lowest BCUT2D eigenvalue weighted by Crippen LogP contribution is -2.51. The molecule has 1 unspecified atom stereocenters. The second-order valence-corrected chi connectivity index (χ2v) is 7.68. The Labute approximate surface area is 180 Å². The lowest BCUT2D eigenvalue weighted by molar-refractivity contribution is 0.408. The summed E-state index contributed by atoms with van der Waals surface area (Å²) in [6.07, 6.45) is 2.24. The van der Waals surface area contributed by atoms with Gasteiger partial charge in [-0.15, -0.1) is 0 Å². The van der Waals surface area contributed by atoms with E-state index in [1.807, 2.05) is 49.3 Å². The van der Waals surface area contributed by atoms with Crippen LogP contribution in [0.5, 0.6) is 5.75 Å². The number of nitrogens with one attached hydrogen (secondary N) is 2. The summed E-state index contributed by atoms with van der Waals surface area (Å²) in [5, 5.41) is 6.99. The largest absolute Gasteiger partial charge is 0.495 e. The zero-order valence-electron chi connectivity index (χ0n) is 18.6. The number of aromatic nitrogens is 1.